The van der Waals surface area contributed by atoms with Crippen LogP contribution in [0, 0.1) is 11.8 Å². The van der Waals surface area contributed by atoms with Gasteiger partial charge in [0.2, 0.25) is 0 Å². The fourth-order valence-corrected chi connectivity index (χ4v) is 5.03. The van der Waals surface area contributed by atoms with Crippen molar-refractivity contribution in [2.45, 2.75) is 65.2 Å². The maximum absolute atomic E-state index is 13.8. The Balaban J connectivity index is 1.77. The topological polar surface area (TPSA) is 97.3 Å². The molecule has 0 aliphatic carbocycles. The minimum absolute atomic E-state index is 0.0505. The standard InChI is InChI=1S/C30H37N3O5/c1-29(2,3)37-25(34)16-20-21(24-17-31-22-14-10-11-15-23(22)32-24)18-33(26(20)28(36)38-30(4,5)6)27(35)19-12-8-7-9-13-19/h7-15,20-21,26,31H,16-18H2,1-6H3/t20-,21?,26-/m0/s1. The zero-order valence-electron chi connectivity index (χ0n) is 23.0. The molecule has 1 amide bonds. The SMILES string of the molecule is CC(C)(C)OC(=O)C[C@H]1C(C2=Nc3ccccc3NC2)CN(C(=O)c2ccccc2)[C@@H]1C(=O)OC(C)(C)C. The van der Waals surface area contributed by atoms with Gasteiger partial charge in [-0.05, 0) is 65.8 Å². The number of nitrogens with zero attached hydrogens (tertiary/aromatic N) is 2. The highest BCUT2D eigenvalue weighted by molar-refractivity contribution is 6.02. The molecule has 0 radical (unpaired) electrons. The number of para-hydroxylation sites is 2. The van der Waals surface area contributed by atoms with Crippen molar-refractivity contribution in [2.75, 3.05) is 18.4 Å². The zero-order valence-corrected chi connectivity index (χ0v) is 23.0. The van der Waals surface area contributed by atoms with Gasteiger partial charge >= 0.3 is 11.9 Å². The number of esters is 2. The summed E-state index contributed by atoms with van der Waals surface area (Å²) in [5, 5.41) is 3.39. The Labute approximate surface area is 224 Å². The summed E-state index contributed by atoms with van der Waals surface area (Å²) < 4.78 is 11.5. The molecule has 2 aromatic carbocycles. The number of ether oxygens (including phenoxy) is 2. The predicted molar refractivity (Wildman–Crippen MR) is 147 cm³/mol. The van der Waals surface area contributed by atoms with Crippen LogP contribution in [0.2, 0.25) is 0 Å². The van der Waals surface area contributed by atoms with E-state index < -0.39 is 35.1 Å². The molecule has 3 atom stereocenters. The van der Waals surface area contributed by atoms with Crippen LogP contribution in [0.15, 0.2) is 59.6 Å². The van der Waals surface area contributed by atoms with Crippen molar-refractivity contribution in [1.29, 1.82) is 0 Å². The van der Waals surface area contributed by atoms with E-state index >= 15 is 0 Å². The van der Waals surface area contributed by atoms with E-state index in [1.165, 1.54) is 0 Å². The van der Waals surface area contributed by atoms with Gasteiger partial charge in [-0.2, -0.15) is 0 Å². The first-order valence-corrected chi connectivity index (χ1v) is 13.0. The first-order chi connectivity index (χ1) is 17.8. The number of hydrogen-bond acceptors (Lipinski definition) is 7. The van der Waals surface area contributed by atoms with Gasteiger partial charge in [-0.15, -0.1) is 0 Å². The van der Waals surface area contributed by atoms with E-state index in [1.807, 2.05) is 30.3 Å². The second kappa shape index (κ2) is 10.6. The van der Waals surface area contributed by atoms with Crippen LogP contribution in [0.5, 0.6) is 0 Å². The van der Waals surface area contributed by atoms with Crippen LogP contribution in [-0.4, -0.2) is 58.8 Å². The van der Waals surface area contributed by atoms with Gasteiger partial charge in [0.1, 0.15) is 17.2 Å². The van der Waals surface area contributed by atoms with E-state index in [9.17, 15) is 14.4 Å². The number of nitrogens with one attached hydrogen (secondary N) is 1. The summed E-state index contributed by atoms with van der Waals surface area (Å²) in [5.74, 6) is -2.18. The van der Waals surface area contributed by atoms with Gasteiger partial charge in [-0.1, -0.05) is 30.3 Å². The van der Waals surface area contributed by atoms with Crippen LogP contribution in [0.1, 0.15) is 58.3 Å². The van der Waals surface area contributed by atoms with Crippen LogP contribution < -0.4 is 5.32 Å². The third kappa shape index (κ3) is 6.41. The highest BCUT2D eigenvalue weighted by atomic mass is 16.6. The first-order valence-electron chi connectivity index (χ1n) is 13.0. The second-order valence-corrected chi connectivity index (χ2v) is 11.8. The van der Waals surface area contributed by atoms with Gasteiger partial charge < -0.3 is 19.7 Å². The lowest BCUT2D eigenvalue weighted by Gasteiger charge is -2.31. The van der Waals surface area contributed by atoms with Crippen molar-refractivity contribution in [3.8, 4) is 0 Å². The number of likely N-dealkylation sites (tertiary alicyclic amines) is 1. The molecule has 0 saturated carbocycles. The summed E-state index contributed by atoms with van der Waals surface area (Å²) in [6.45, 7) is 11.5. The number of carbonyl (C=O) groups is 3. The molecule has 0 spiro atoms. The van der Waals surface area contributed by atoms with E-state index in [0.717, 1.165) is 17.1 Å². The Morgan fingerprint density at radius 2 is 1.55 bits per heavy atom. The van der Waals surface area contributed by atoms with Crippen molar-refractivity contribution in [1.82, 2.24) is 4.90 Å². The Morgan fingerprint density at radius 3 is 2.21 bits per heavy atom. The Morgan fingerprint density at radius 1 is 0.921 bits per heavy atom. The highest BCUT2D eigenvalue weighted by Gasteiger charge is 2.52. The monoisotopic (exact) mass is 519 g/mol. The molecule has 38 heavy (non-hydrogen) atoms. The minimum atomic E-state index is -0.973. The molecule has 2 aliphatic rings. The van der Waals surface area contributed by atoms with E-state index in [0.29, 0.717) is 12.1 Å². The lowest BCUT2D eigenvalue weighted by atomic mass is 9.83. The average Bonchev–Trinajstić information content (AvgIpc) is 3.20. The average molecular weight is 520 g/mol. The van der Waals surface area contributed by atoms with E-state index in [2.05, 4.69) is 5.32 Å². The van der Waals surface area contributed by atoms with Gasteiger partial charge in [0, 0.05) is 29.7 Å². The molecular formula is C30H37N3O5. The molecule has 4 rings (SSSR count). The van der Waals surface area contributed by atoms with Gasteiger partial charge in [0.15, 0.2) is 0 Å². The number of carbonyl (C=O) groups excluding carboxylic acids is 3. The highest BCUT2D eigenvalue weighted by Crippen LogP contribution is 2.39. The van der Waals surface area contributed by atoms with E-state index in [-0.39, 0.29) is 24.8 Å². The first kappa shape index (κ1) is 27.4. The summed E-state index contributed by atoms with van der Waals surface area (Å²) in [6.07, 6.45) is -0.0505. The number of hydrogen-bond donors (Lipinski definition) is 1. The Kier molecular flexibility index (Phi) is 7.63. The van der Waals surface area contributed by atoms with Gasteiger partial charge in [0.25, 0.3) is 5.91 Å². The number of rotatable bonds is 5. The Hall–Kier alpha value is -3.68. The number of anilines is 1. The number of fused-ring (bicyclic) bond motifs is 1. The molecule has 0 bridgehead atoms. The molecule has 0 aromatic heterocycles. The molecule has 202 valence electrons. The molecule has 8 heteroatoms. The summed E-state index contributed by atoms with van der Waals surface area (Å²) in [6, 6.07) is 15.6. The minimum Gasteiger partial charge on any atom is -0.460 e. The summed E-state index contributed by atoms with van der Waals surface area (Å²) in [7, 11) is 0. The van der Waals surface area contributed by atoms with Crippen LogP contribution in [0.25, 0.3) is 0 Å². The van der Waals surface area contributed by atoms with E-state index in [4.69, 9.17) is 14.5 Å². The molecular weight excluding hydrogens is 482 g/mol. The molecule has 2 heterocycles. The lowest BCUT2D eigenvalue weighted by molar-refractivity contribution is -0.162. The van der Waals surface area contributed by atoms with Crippen molar-refractivity contribution in [3.63, 3.8) is 0 Å². The fourth-order valence-electron chi connectivity index (χ4n) is 5.03. The quantitative estimate of drug-likeness (QED) is 0.558. The lowest BCUT2D eigenvalue weighted by Crippen LogP contribution is -2.47. The summed E-state index contributed by atoms with van der Waals surface area (Å²) in [4.78, 5) is 47.0. The third-order valence-corrected chi connectivity index (χ3v) is 6.46. The molecule has 2 aromatic rings. The van der Waals surface area contributed by atoms with Crippen molar-refractivity contribution in [3.05, 3.63) is 60.2 Å². The third-order valence-electron chi connectivity index (χ3n) is 6.46. The number of aliphatic imine (C=N–C) groups is 1. The second-order valence-electron chi connectivity index (χ2n) is 11.8. The summed E-state index contributed by atoms with van der Waals surface area (Å²) >= 11 is 0. The molecule has 1 N–H and O–H groups in total. The normalized spacial score (nSPS) is 21.2. The molecule has 2 aliphatic heterocycles. The summed E-state index contributed by atoms with van der Waals surface area (Å²) in [5.41, 5.74) is 1.50. The van der Waals surface area contributed by atoms with Crippen molar-refractivity contribution < 1.29 is 23.9 Å². The van der Waals surface area contributed by atoms with Crippen molar-refractivity contribution in [2.24, 2.45) is 16.8 Å². The van der Waals surface area contributed by atoms with Crippen LogP contribution in [0.3, 0.4) is 0 Å². The van der Waals surface area contributed by atoms with Crippen LogP contribution in [0.4, 0.5) is 11.4 Å². The Bertz CT molecular complexity index is 1230. The molecule has 1 unspecified atom stereocenters. The van der Waals surface area contributed by atoms with Gasteiger partial charge in [-0.25, -0.2) is 4.79 Å². The molecule has 8 nitrogen and oxygen atoms in total. The maximum atomic E-state index is 13.8. The zero-order chi connectivity index (χ0) is 27.7. The number of benzene rings is 2. The largest absolute Gasteiger partial charge is 0.460 e. The predicted octanol–water partition coefficient (Wildman–Crippen LogP) is 5.02. The van der Waals surface area contributed by atoms with E-state index in [1.54, 1.807) is 70.7 Å². The van der Waals surface area contributed by atoms with Crippen LogP contribution in [-0.2, 0) is 19.1 Å². The van der Waals surface area contributed by atoms with Gasteiger partial charge in [-0.3, -0.25) is 14.6 Å². The van der Waals surface area contributed by atoms with Gasteiger partial charge in [0.05, 0.1) is 24.3 Å². The molecule has 1 saturated heterocycles. The smallest absolute Gasteiger partial charge is 0.329 e. The van der Waals surface area contributed by atoms with Crippen molar-refractivity contribution >= 4 is 34.9 Å². The van der Waals surface area contributed by atoms with Crippen LogP contribution >= 0.6 is 0 Å². The molecule has 1 fully saturated rings. The fraction of sp³-hybridized carbons (Fsp3) is 0.467. The maximum Gasteiger partial charge on any atom is 0.329 e. The number of amides is 1.